The second-order valence-corrected chi connectivity index (χ2v) is 6.30. The lowest BCUT2D eigenvalue weighted by Gasteiger charge is -2.33. The van der Waals surface area contributed by atoms with Gasteiger partial charge in [-0.25, -0.2) is 9.97 Å². The first-order chi connectivity index (χ1) is 11.6. The molecule has 2 aromatic rings. The van der Waals surface area contributed by atoms with Gasteiger partial charge in [-0.15, -0.1) is 0 Å². The van der Waals surface area contributed by atoms with Crippen molar-refractivity contribution in [1.29, 1.82) is 0 Å². The van der Waals surface area contributed by atoms with Crippen LogP contribution in [0.5, 0.6) is 0 Å². The molecule has 0 aromatic carbocycles. The van der Waals surface area contributed by atoms with Crippen LogP contribution < -0.4 is 10.2 Å². The monoisotopic (exact) mass is 328 g/mol. The molecule has 0 bridgehead atoms. The summed E-state index contributed by atoms with van der Waals surface area (Å²) in [6.45, 7) is 5.66. The van der Waals surface area contributed by atoms with E-state index in [9.17, 15) is 4.79 Å². The molecule has 0 spiro atoms. The summed E-state index contributed by atoms with van der Waals surface area (Å²) in [6.07, 6.45) is 6.65. The predicted molar refractivity (Wildman–Crippen MR) is 92.1 cm³/mol. The van der Waals surface area contributed by atoms with Gasteiger partial charge in [-0.05, 0) is 37.8 Å². The Balaban J connectivity index is 1.63. The number of nitrogens with one attached hydrogen (secondary N) is 1. The molecule has 0 saturated carbocycles. The summed E-state index contributed by atoms with van der Waals surface area (Å²) >= 11 is 0. The van der Waals surface area contributed by atoms with Crippen molar-refractivity contribution in [3.8, 4) is 0 Å². The summed E-state index contributed by atoms with van der Waals surface area (Å²) < 4.78 is 1.71. The van der Waals surface area contributed by atoms with Crippen molar-refractivity contribution in [2.24, 2.45) is 7.05 Å². The first-order valence-corrected chi connectivity index (χ1v) is 8.44. The maximum Gasteiger partial charge on any atom is 0.272 e. The second-order valence-electron chi connectivity index (χ2n) is 6.30. The van der Waals surface area contributed by atoms with Crippen LogP contribution in [0.2, 0.25) is 0 Å². The Labute approximate surface area is 142 Å². The van der Waals surface area contributed by atoms with Crippen molar-refractivity contribution in [2.45, 2.75) is 39.2 Å². The van der Waals surface area contributed by atoms with Gasteiger partial charge in [0, 0.05) is 44.3 Å². The molecule has 3 rings (SSSR count). The summed E-state index contributed by atoms with van der Waals surface area (Å²) in [7, 11) is 1.84. The van der Waals surface area contributed by atoms with Crippen LogP contribution in [-0.4, -0.2) is 44.8 Å². The molecule has 7 nitrogen and oxygen atoms in total. The molecule has 3 heterocycles. The maximum atomic E-state index is 12.4. The molecule has 1 unspecified atom stereocenters. The van der Waals surface area contributed by atoms with Gasteiger partial charge in [0.25, 0.3) is 5.91 Å². The van der Waals surface area contributed by atoms with E-state index in [1.54, 1.807) is 4.68 Å². The highest BCUT2D eigenvalue weighted by molar-refractivity contribution is 5.92. The molecule has 1 saturated heterocycles. The van der Waals surface area contributed by atoms with Crippen LogP contribution >= 0.6 is 0 Å². The van der Waals surface area contributed by atoms with E-state index in [-0.39, 0.29) is 11.9 Å². The standard InChI is InChI=1S/C17H24N6O/c1-4-13-9-18-17(19-10-13)23-7-5-6-14(11-23)20-16(24)15-8-12(2)22(3)21-15/h8-10,14H,4-7,11H2,1-3H3,(H,20,24). The van der Waals surface area contributed by atoms with Crippen LogP contribution in [0.15, 0.2) is 18.5 Å². The van der Waals surface area contributed by atoms with E-state index in [2.05, 4.69) is 32.2 Å². The lowest BCUT2D eigenvalue weighted by molar-refractivity contribution is 0.0927. The van der Waals surface area contributed by atoms with Crippen LogP contribution in [0, 0.1) is 6.92 Å². The third-order valence-electron chi connectivity index (χ3n) is 4.49. The minimum Gasteiger partial charge on any atom is -0.346 e. The van der Waals surface area contributed by atoms with Gasteiger partial charge in [0.2, 0.25) is 5.95 Å². The molecule has 1 N–H and O–H groups in total. The van der Waals surface area contributed by atoms with Gasteiger partial charge in [0.1, 0.15) is 5.69 Å². The highest BCUT2D eigenvalue weighted by atomic mass is 16.2. The fourth-order valence-electron chi connectivity index (χ4n) is 2.90. The van der Waals surface area contributed by atoms with E-state index in [0.717, 1.165) is 49.6 Å². The number of aryl methyl sites for hydroxylation is 3. The Morgan fingerprint density at radius 2 is 2.12 bits per heavy atom. The summed E-state index contributed by atoms with van der Waals surface area (Å²) in [4.78, 5) is 23.4. The van der Waals surface area contributed by atoms with Gasteiger partial charge >= 0.3 is 0 Å². The van der Waals surface area contributed by atoms with Crippen LogP contribution in [0.25, 0.3) is 0 Å². The Bertz CT molecular complexity index is 689. The van der Waals surface area contributed by atoms with E-state index in [0.29, 0.717) is 5.69 Å². The van der Waals surface area contributed by atoms with Crippen molar-refractivity contribution < 1.29 is 4.79 Å². The first kappa shape index (κ1) is 16.4. The molecule has 24 heavy (non-hydrogen) atoms. The van der Waals surface area contributed by atoms with Crippen molar-refractivity contribution >= 4 is 11.9 Å². The van der Waals surface area contributed by atoms with Gasteiger partial charge < -0.3 is 10.2 Å². The number of piperidine rings is 1. The van der Waals surface area contributed by atoms with Crippen LogP contribution in [0.3, 0.4) is 0 Å². The van der Waals surface area contributed by atoms with E-state index >= 15 is 0 Å². The number of anilines is 1. The number of hydrogen-bond acceptors (Lipinski definition) is 5. The first-order valence-electron chi connectivity index (χ1n) is 8.44. The van der Waals surface area contributed by atoms with Gasteiger partial charge in [0.15, 0.2) is 0 Å². The summed E-state index contributed by atoms with van der Waals surface area (Å²) in [5.74, 6) is 0.618. The quantitative estimate of drug-likeness (QED) is 0.920. The number of carbonyl (C=O) groups is 1. The van der Waals surface area contributed by atoms with Crippen molar-refractivity contribution in [1.82, 2.24) is 25.1 Å². The number of rotatable bonds is 4. The van der Waals surface area contributed by atoms with E-state index in [4.69, 9.17) is 0 Å². The highest BCUT2D eigenvalue weighted by Gasteiger charge is 2.24. The molecular formula is C17H24N6O. The topological polar surface area (TPSA) is 75.9 Å². The average molecular weight is 328 g/mol. The molecule has 2 aromatic heterocycles. The number of amides is 1. The van der Waals surface area contributed by atoms with Crippen LogP contribution in [-0.2, 0) is 13.5 Å². The number of nitrogens with zero attached hydrogens (tertiary/aromatic N) is 5. The average Bonchev–Trinajstić information content (AvgIpc) is 2.94. The van der Waals surface area contributed by atoms with Crippen LogP contribution in [0.4, 0.5) is 5.95 Å². The second kappa shape index (κ2) is 6.98. The molecule has 1 amide bonds. The predicted octanol–water partition coefficient (Wildman–Crippen LogP) is 1.48. The Kier molecular flexibility index (Phi) is 4.78. The normalized spacial score (nSPS) is 17.8. The lowest BCUT2D eigenvalue weighted by atomic mass is 10.1. The highest BCUT2D eigenvalue weighted by Crippen LogP contribution is 2.16. The third kappa shape index (κ3) is 3.55. The van der Waals surface area contributed by atoms with Crippen LogP contribution in [0.1, 0.15) is 41.5 Å². The fraction of sp³-hybridized carbons (Fsp3) is 0.529. The zero-order chi connectivity index (χ0) is 17.1. The van der Waals surface area contributed by atoms with E-state index in [1.165, 1.54) is 0 Å². The van der Waals surface area contributed by atoms with E-state index < -0.39 is 0 Å². The smallest absolute Gasteiger partial charge is 0.272 e. The number of aromatic nitrogens is 4. The SMILES string of the molecule is CCc1cnc(N2CCCC(NC(=O)c3cc(C)n(C)n3)C2)nc1. The van der Waals surface area contributed by atoms with Gasteiger partial charge in [-0.2, -0.15) is 5.10 Å². The van der Waals surface area contributed by atoms with Crippen molar-refractivity contribution in [3.05, 3.63) is 35.4 Å². The summed E-state index contributed by atoms with van der Waals surface area (Å²) in [6, 6.07) is 1.89. The molecule has 7 heteroatoms. The summed E-state index contributed by atoms with van der Waals surface area (Å²) in [5, 5.41) is 7.32. The number of hydrogen-bond donors (Lipinski definition) is 1. The zero-order valence-corrected chi connectivity index (χ0v) is 14.5. The van der Waals surface area contributed by atoms with Gasteiger partial charge in [0.05, 0.1) is 0 Å². The zero-order valence-electron chi connectivity index (χ0n) is 14.5. The Morgan fingerprint density at radius 3 is 2.75 bits per heavy atom. The van der Waals surface area contributed by atoms with Gasteiger partial charge in [-0.3, -0.25) is 9.48 Å². The van der Waals surface area contributed by atoms with Crippen molar-refractivity contribution in [2.75, 3.05) is 18.0 Å². The fourth-order valence-corrected chi connectivity index (χ4v) is 2.90. The third-order valence-corrected chi connectivity index (χ3v) is 4.49. The molecular weight excluding hydrogens is 304 g/mol. The summed E-state index contributed by atoms with van der Waals surface area (Å²) in [5.41, 5.74) is 2.57. The van der Waals surface area contributed by atoms with Gasteiger partial charge in [-0.1, -0.05) is 6.92 Å². The molecule has 1 atom stereocenters. The Morgan fingerprint density at radius 1 is 1.38 bits per heavy atom. The number of carbonyl (C=O) groups excluding carboxylic acids is 1. The van der Waals surface area contributed by atoms with Crippen molar-refractivity contribution in [3.63, 3.8) is 0 Å². The largest absolute Gasteiger partial charge is 0.346 e. The molecule has 128 valence electrons. The lowest BCUT2D eigenvalue weighted by Crippen LogP contribution is -2.48. The molecule has 1 fully saturated rings. The molecule has 0 radical (unpaired) electrons. The minimum atomic E-state index is -0.118. The molecule has 1 aliphatic heterocycles. The maximum absolute atomic E-state index is 12.4. The Hall–Kier alpha value is -2.44. The minimum absolute atomic E-state index is 0.0861. The van der Waals surface area contributed by atoms with E-state index in [1.807, 2.05) is 32.4 Å². The molecule has 0 aliphatic carbocycles. The molecule has 1 aliphatic rings.